The lowest BCUT2D eigenvalue weighted by molar-refractivity contribution is -0.133. The smallest absolute Gasteiger partial charge is 0.247 e. The molecule has 3 rings (SSSR count). The fourth-order valence-corrected chi connectivity index (χ4v) is 5.48. The summed E-state index contributed by atoms with van der Waals surface area (Å²) < 4.78 is 26.3. The summed E-state index contributed by atoms with van der Waals surface area (Å²) in [5.41, 5.74) is 0.316. The van der Waals surface area contributed by atoms with Crippen molar-refractivity contribution in [3.05, 3.63) is 29.8 Å². The second-order valence-corrected chi connectivity index (χ2v) is 10.4. The zero-order valence-corrected chi connectivity index (χ0v) is 18.3. The van der Waals surface area contributed by atoms with Crippen LogP contribution in [0.1, 0.15) is 52.0 Å². The number of hydrogen-bond donors (Lipinski definition) is 1. The number of aryl methyl sites for hydroxylation is 1. The van der Waals surface area contributed by atoms with E-state index < -0.39 is 15.6 Å². The molecule has 0 spiro atoms. The summed E-state index contributed by atoms with van der Waals surface area (Å²) in [7, 11) is -3.60. The third kappa shape index (κ3) is 4.19. The van der Waals surface area contributed by atoms with Crippen molar-refractivity contribution in [1.29, 1.82) is 0 Å². The molecule has 1 aliphatic carbocycles. The number of hydrogen-bond acceptors (Lipinski definition) is 4. The summed E-state index contributed by atoms with van der Waals surface area (Å²) in [6.45, 7) is 4.93. The second kappa shape index (κ2) is 8.44. The van der Waals surface area contributed by atoms with E-state index in [1.165, 1.54) is 4.90 Å². The van der Waals surface area contributed by atoms with Crippen LogP contribution in [0.5, 0.6) is 0 Å². The zero-order valence-electron chi connectivity index (χ0n) is 17.5. The normalized spacial score (nSPS) is 24.1. The fraction of sp³-hybridized carbons (Fsp3) is 0.619. The molecule has 1 saturated heterocycles. The number of carbonyl (C=O) groups is 2. The standard InChI is InChI=1S/C21H31N3O4S/c1-4-16-10-6-9-13-18(16)24-19(25)14-23(29(27,28)5-2)15-21(24,3)20(26)22-17-11-7-8-12-17/h6,9-10,13,17H,4-5,7-8,11-12,14-15H2,1-3H3,(H,22,26)/t21-/m1/s1. The predicted octanol–water partition coefficient (Wildman–Crippen LogP) is 2.06. The van der Waals surface area contributed by atoms with Gasteiger partial charge in [-0.1, -0.05) is 38.0 Å². The summed E-state index contributed by atoms with van der Waals surface area (Å²) in [4.78, 5) is 28.2. The second-order valence-electron chi connectivity index (χ2n) is 8.11. The molecular weight excluding hydrogens is 390 g/mol. The Labute approximate surface area is 173 Å². The van der Waals surface area contributed by atoms with Crippen LogP contribution < -0.4 is 10.2 Å². The molecule has 7 nitrogen and oxygen atoms in total. The molecular formula is C21H31N3O4S. The number of carbonyl (C=O) groups excluding carboxylic acids is 2. The maximum atomic E-state index is 13.4. The van der Waals surface area contributed by atoms with Gasteiger partial charge >= 0.3 is 0 Å². The van der Waals surface area contributed by atoms with E-state index in [1.54, 1.807) is 13.8 Å². The first-order chi connectivity index (χ1) is 13.7. The number of sulfonamides is 1. The van der Waals surface area contributed by atoms with Crippen LogP contribution in [0.2, 0.25) is 0 Å². The molecule has 160 valence electrons. The number of nitrogens with one attached hydrogen (secondary N) is 1. The largest absolute Gasteiger partial charge is 0.351 e. The Morgan fingerprint density at radius 2 is 1.86 bits per heavy atom. The van der Waals surface area contributed by atoms with Gasteiger partial charge in [-0.15, -0.1) is 0 Å². The number of nitrogens with zero attached hydrogens (tertiary/aromatic N) is 2. The number of piperazine rings is 1. The van der Waals surface area contributed by atoms with Crippen molar-refractivity contribution in [3.63, 3.8) is 0 Å². The molecule has 0 radical (unpaired) electrons. The van der Waals surface area contributed by atoms with Gasteiger partial charge in [0, 0.05) is 18.3 Å². The van der Waals surface area contributed by atoms with Gasteiger partial charge in [-0.2, -0.15) is 4.31 Å². The lowest BCUT2D eigenvalue weighted by Crippen LogP contribution is -2.71. The third-order valence-corrected chi connectivity index (χ3v) is 7.86. The van der Waals surface area contributed by atoms with E-state index in [-0.39, 0.29) is 36.7 Å². The van der Waals surface area contributed by atoms with E-state index in [0.717, 1.165) is 35.6 Å². The summed E-state index contributed by atoms with van der Waals surface area (Å²) in [6.07, 6.45) is 4.67. The van der Waals surface area contributed by atoms with Crippen LogP contribution in [0.4, 0.5) is 5.69 Å². The lowest BCUT2D eigenvalue weighted by atomic mass is 9.92. The van der Waals surface area contributed by atoms with Crippen molar-refractivity contribution in [1.82, 2.24) is 9.62 Å². The maximum Gasteiger partial charge on any atom is 0.247 e. The minimum Gasteiger partial charge on any atom is -0.351 e. The maximum absolute atomic E-state index is 13.4. The van der Waals surface area contributed by atoms with Crippen molar-refractivity contribution in [2.75, 3.05) is 23.7 Å². The van der Waals surface area contributed by atoms with Gasteiger partial charge in [-0.25, -0.2) is 8.42 Å². The van der Waals surface area contributed by atoms with Crippen molar-refractivity contribution < 1.29 is 18.0 Å². The highest BCUT2D eigenvalue weighted by Gasteiger charge is 2.51. The third-order valence-electron chi connectivity index (χ3n) is 6.09. The van der Waals surface area contributed by atoms with Crippen molar-refractivity contribution in [3.8, 4) is 0 Å². The summed E-state index contributed by atoms with van der Waals surface area (Å²) in [6, 6.07) is 7.60. The zero-order chi connectivity index (χ0) is 21.2. The van der Waals surface area contributed by atoms with E-state index >= 15 is 0 Å². The van der Waals surface area contributed by atoms with Gasteiger partial charge < -0.3 is 5.32 Å². The highest BCUT2D eigenvalue weighted by molar-refractivity contribution is 7.89. The van der Waals surface area contributed by atoms with Gasteiger partial charge in [-0.05, 0) is 44.7 Å². The van der Waals surface area contributed by atoms with Gasteiger partial charge in [0.15, 0.2) is 0 Å². The average Bonchev–Trinajstić information content (AvgIpc) is 3.20. The molecule has 1 atom stereocenters. The van der Waals surface area contributed by atoms with Crippen molar-refractivity contribution >= 4 is 27.5 Å². The van der Waals surface area contributed by atoms with Gasteiger partial charge in [-0.3, -0.25) is 14.5 Å². The first kappa shape index (κ1) is 21.8. The molecule has 0 aromatic heterocycles. The van der Waals surface area contributed by atoms with E-state index in [4.69, 9.17) is 0 Å². The van der Waals surface area contributed by atoms with Crippen LogP contribution in [-0.4, -0.2) is 55.0 Å². The number of amides is 2. The topological polar surface area (TPSA) is 86.8 Å². The van der Waals surface area contributed by atoms with E-state index in [2.05, 4.69) is 5.32 Å². The number of benzene rings is 1. The van der Waals surface area contributed by atoms with Crippen molar-refractivity contribution in [2.24, 2.45) is 0 Å². The van der Waals surface area contributed by atoms with Crippen molar-refractivity contribution in [2.45, 2.75) is 64.5 Å². The van der Waals surface area contributed by atoms with Crippen LogP contribution in [0.15, 0.2) is 24.3 Å². The summed E-state index contributed by atoms with van der Waals surface area (Å²) in [5.74, 6) is -0.774. The van der Waals surface area contributed by atoms with Gasteiger partial charge in [0.25, 0.3) is 0 Å². The van der Waals surface area contributed by atoms with Gasteiger partial charge in [0.05, 0.1) is 12.3 Å². The molecule has 1 aliphatic heterocycles. The van der Waals surface area contributed by atoms with Crippen LogP contribution in [0.3, 0.4) is 0 Å². The Kier molecular flexibility index (Phi) is 6.33. The Morgan fingerprint density at radius 1 is 1.21 bits per heavy atom. The Balaban J connectivity index is 2.04. The molecule has 1 saturated carbocycles. The van der Waals surface area contributed by atoms with E-state index in [0.29, 0.717) is 12.1 Å². The average molecular weight is 422 g/mol. The van der Waals surface area contributed by atoms with Crippen LogP contribution in [0, 0.1) is 0 Å². The lowest BCUT2D eigenvalue weighted by Gasteiger charge is -2.47. The molecule has 1 aromatic rings. The van der Waals surface area contributed by atoms with E-state index in [1.807, 2.05) is 31.2 Å². The molecule has 0 bridgehead atoms. The monoisotopic (exact) mass is 421 g/mol. The Hall–Kier alpha value is -1.93. The molecule has 1 N–H and O–H groups in total. The number of anilines is 1. The molecule has 2 aliphatic rings. The molecule has 2 amide bonds. The molecule has 1 aromatic carbocycles. The predicted molar refractivity (Wildman–Crippen MR) is 113 cm³/mol. The highest BCUT2D eigenvalue weighted by Crippen LogP contribution is 2.34. The minimum atomic E-state index is -3.60. The summed E-state index contributed by atoms with van der Waals surface area (Å²) in [5, 5.41) is 3.08. The fourth-order valence-electron chi connectivity index (χ4n) is 4.36. The first-order valence-electron chi connectivity index (χ1n) is 10.4. The SMILES string of the molecule is CCc1ccccc1N1C(=O)CN(S(=O)(=O)CC)C[C@]1(C)C(=O)NC1CCCC1. The molecule has 29 heavy (non-hydrogen) atoms. The highest BCUT2D eigenvalue weighted by atomic mass is 32.2. The van der Waals surface area contributed by atoms with E-state index in [9.17, 15) is 18.0 Å². The molecule has 8 heteroatoms. The van der Waals surface area contributed by atoms with Crippen LogP contribution >= 0.6 is 0 Å². The quantitative estimate of drug-likeness (QED) is 0.762. The van der Waals surface area contributed by atoms with Gasteiger partial charge in [0.1, 0.15) is 5.54 Å². The number of rotatable bonds is 6. The number of para-hydroxylation sites is 1. The molecule has 1 heterocycles. The summed E-state index contributed by atoms with van der Waals surface area (Å²) >= 11 is 0. The van der Waals surface area contributed by atoms with Crippen LogP contribution in [-0.2, 0) is 26.0 Å². The van der Waals surface area contributed by atoms with Gasteiger partial charge in [0.2, 0.25) is 21.8 Å². The Bertz CT molecular complexity index is 880. The minimum absolute atomic E-state index is 0.0501. The first-order valence-corrected chi connectivity index (χ1v) is 12.0. The molecule has 0 unspecified atom stereocenters. The molecule has 2 fully saturated rings. The van der Waals surface area contributed by atoms with Crippen LogP contribution in [0.25, 0.3) is 0 Å². The Morgan fingerprint density at radius 3 is 2.48 bits per heavy atom.